The van der Waals surface area contributed by atoms with Gasteiger partial charge in [0.2, 0.25) is 0 Å². The molecule has 1 N–H and O–H groups in total. The van der Waals surface area contributed by atoms with Gasteiger partial charge in [-0.05, 0) is 57.4 Å². The summed E-state index contributed by atoms with van der Waals surface area (Å²) in [5.41, 5.74) is 9.19. The molecule has 0 saturated heterocycles. The Balaban J connectivity index is 1.91. The van der Waals surface area contributed by atoms with E-state index in [1.165, 1.54) is 5.56 Å². The third-order valence-electron chi connectivity index (χ3n) is 3.81. The number of carbonyl (C=O) groups excluding carboxylic acids is 1. The lowest BCUT2D eigenvalue weighted by Gasteiger charge is -2.09. The standard InChI is InChI=1S/C20H24N2O2/c1-13-6-7-19(17(5)8-13)24-12-20(23)22-21-11-18-15(3)9-14(2)10-16(18)4/h6-11H,12H2,1-5H3,(H,22,23)/b21-11+. The summed E-state index contributed by atoms with van der Waals surface area (Å²) in [5.74, 6) is 0.429. The Hall–Kier alpha value is -2.62. The lowest BCUT2D eigenvalue weighted by Crippen LogP contribution is -2.24. The van der Waals surface area contributed by atoms with Crippen LogP contribution in [0.3, 0.4) is 0 Å². The van der Waals surface area contributed by atoms with E-state index in [4.69, 9.17) is 4.74 Å². The molecule has 0 aliphatic carbocycles. The number of amides is 1. The molecule has 2 aromatic rings. The van der Waals surface area contributed by atoms with Crippen molar-refractivity contribution in [2.24, 2.45) is 5.10 Å². The van der Waals surface area contributed by atoms with Gasteiger partial charge in [0, 0.05) is 5.56 Å². The number of nitrogens with zero attached hydrogens (tertiary/aromatic N) is 1. The van der Waals surface area contributed by atoms with E-state index in [1.54, 1.807) is 6.21 Å². The van der Waals surface area contributed by atoms with E-state index in [9.17, 15) is 4.79 Å². The third kappa shape index (κ3) is 4.69. The molecule has 0 aromatic heterocycles. The average molecular weight is 324 g/mol. The molecule has 0 unspecified atom stereocenters. The monoisotopic (exact) mass is 324 g/mol. The van der Waals surface area contributed by atoms with Gasteiger partial charge >= 0.3 is 0 Å². The van der Waals surface area contributed by atoms with E-state index in [0.29, 0.717) is 5.75 Å². The Morgan fingerprint density at radius 3 is 2.25 bits per heavy atom. The van der Waals surface area contributed by atoms with E-state index in [0.717, 1.165) is 27.8 Å². The van der Waals surface area contributed by atoms with E-state index >= 15 is 0 Å². The SMILES string of the molecule is Cc1ccc(OCC(=O)N/N=C/c2c(C)cc(C)cc2C)c(C)c1. The van der Waals surface area contributed by atoms with Gasteiger partial charge in [0.15, 0.2) is 6.61 Å². The van der Waals surface area contributed by atoms with E-state index in [2.05, 4.69) is 29.6 Å². The third-order valence-corrected chi connectivity index (χ3v) is 3.81. The van der Waals surface area contributed by atoms with Crippen molar-refractivity contribution < 1.29 is 9.53 Å². The molecule has 0 bridgehead atoms. The maximum Gasteiger partial charge on any atom is 0.277 e. The van der Waals surface area contributed by atoms with Gasteiger partial charge in [-0.15, -0.1) is 0 Å². The van der Waals surface area contributed by atoms with Gasteiger partial charge in [-0.1, -0.05) is 35.4 Å². The van der Waals surface area contributed by atoms with Gasteiger partial charge in [-0.3, -0.25) is 4.79 Å². The number of hydrogen-bond donors (Lipinski definition) is 1. The van der Waals surface area contributed by atoms with Crippen LogP contribution in [0, 0.1) is 34.6 Å². The van der Waals surface area contributed by atoms with Gasteiger partial charge < -0.3 is 4.74 Å². The summed E-state index contributed by atoms with van der Waals surface area (Å²) in [7, 11) is 0. The van der Waals surface area contributed by atoms with Crippen molar-refractivity contribution in [1.29, 1.82) is 0 Å². The molecule has 0 aliphatic heterocycles. The first kappa shape index (κ1) is 17.7. The van der Waals surface area contributed by atoms with Gasteiger partial charge in [0.25, 0.3) is 5.91 Å². The van der Waals surface area contributed by atoms with Crippen molar-refractivity contribution in [3.63, 3.8) is 0 Å². The Bertz CT molecular complexity index is 756. The van der Waals surface area contributed by atoms with Crippen LogP contribution >= 0.6 is 0 Å². The molecule has 2 rings (SSSR count). The maximum atomic E-state index is 11.9. The van der Waals surface area contributed by atoms with E-state index in [1.807, 2.05) is 45.9 Å². The van der Waals surface area contributed by atoms with Crippen LogP contribution < -0.4 is 10.2 Å². The van der Waals surface area contributed by atoms with Crippen LogP contribution in [0.1, 0.15) is 33.4 Å². The second-order valence-electron chi connectivity index (χ2n) is 6.16. The van der Waals surface area contributed by atoms with Gasteiger partial charge in [0.1, 0.15) is 5.75 Å². The summed E-state index contributed by atoms with van der Waals surface area (Å²) in [6, 6.07) is 10.1. The molecule has 2 aromatic carbocycles. The second-order valence-corrected chi connectivity index (χ2v) is 6.16. The first-order valence-corrected chi connectivity index (χ1v) is 7.96. The molecule has 24 heavy (non-hydrogen) atoms. The number of rotatable bonds is 5. The zero-order valence-corrected chi connectivity index (χ0v) is 14.9. The minimum atomic E-state index is -0.284. The minimum absolute atomic E-state index is 0.0624. The zero-order chi connectivity index (χ0) is 17.7. The molecule has 0 heterocycles. The first-order valence-electron chi connectivity index (χ1n) is 7.96. The highest BCUT2D eigenvalue weighted by atomic mass is 16.5. The minimum Gasteiger partial charge on any atom is -0.483 e. The number of carbonyl (C=O) groups is 1. The summed E-state index contributed by atoms with van der Waals surface area (Å²) in [6.07, 6.45) is 1.68. The number of aryl methyl sites for hydroxylation is 5. The predicted octanol–water partition coefficient (Wildman–Crippen LogP) is 3.76. The number of ether oxygens (including phenoxy) is 1. The van der Waals surface area contributed by atoms with Crippen LogP contribution in [0.15, 0.2) is 35.4 Å². The molecule has 0 radical (unpaired) electrons. The number of hydrazone groups is 1. The maximum absolute atomic E-state index is 11.9. The van der Waals surface area contributed by atoms with Crippen LogP contribution in [0.5, 0.6) is 5.75 Å². The lowest BCUT2D eigenvalue weighted by atomic mass is 10.0. The van der Waals surface area contributed by atoms with Crippen LogP contribution in [0.2, 0.25) is 0 Å². The summed E-state index contributed by atoms with van der Waals surface area (Å²) >= 11 is 0. The molecular formula is C20H24N2O2. The molecule has 0 atom stereocenters. The largest absolute Gasteiger partial charge is 0.483 e. The fourth-order valence-corrected chi connectivity index (χ4v) is 2.70. The van der Waals surface area contributed by atoms with Crippen LogP contribution in [-0.4, -0.2) is 18.7 Å². The van der Waals surface area contributed by atoms with Gasteiger partial charge in [-0.25, -0.2) is 5.43 Å². The van der Waals surface area contributed by atoms with Crippen molar-refractivity contribution in [1.82, 2.24) is 5.43 Å². The highest BCUT2D eigenvalue weighted by molar-refractivity contribution is 5.85. The number of hydrogen-bond acceptors (Lipinski definition) is 3. The summed E-state index contributed by atoms with van der Waals surface area (Å²) in [5, 5.41) is 4.04. The Labute approximate surface area is 143 Å². The fourth-order valence-electron chi connectivity index (χ4n) is 2.70. The normalized spacial score (nSPS) is 10.9. The summed E-state index contributed by atoms with van der Waals surface area (Å²) < 4.78 is 5.53. The molecule has 1 amide bonds. The lowest BCUT2D eigenvalue weighted by molar-refractivity contribution is -0.123. The van der Waals surface area contributed by atoms with Crippen molar-refractivity contribution in [3.05, 3.63) is 63.7 Å². The molecule has 0 saturated carbocycles. The predicted molar refractivity (Wildman–Crippen MR) is 97.8 cm³/mol. The fraction of sp³-hybridized carbons (Fsp3) is 0.300. The smallest absolute Gasteiger partial charge is 0.277 e. The van der Waals surface area contributed by atoms with Gasteiger partial charge in [-0.2, -0.15) is 5.10 Å². The highest BCUT2D eigenvalue weighted by Gasteiger charge is 2.05. The summed E-state index contributed by atoms with van der Waals surface area (Å²) in [4.78, 5) is 11.9. The van der Waals surface area contributed by atoms with Crippen molar-refractivity contribution >= 4 is 12.1 Å². The topological polar surface area (TPSA) is 50.7 Å². The van der Waals surface area contributed by atoms with Gasteiger partial charge in [0.05, 0.1) is 6.21 Å². The molecule has 0 spiro atoms. The van der Waals surface area contributed by atoms with E-state index < -0.39 is 0 Å². The van der Waals surface area contributed by atoms with Crippen molar-refractivity contribution in [2.45, 2.75) is 34.6 Å². The molecule has 0 fully saturated rings. The van der Waals surface area contributed by atoms with E-state index in [-0.39, 0.29) is 12.5 Å². The zero-order valence-electron chi connectivity index (χ0n) is 14.9. The van der Waals surface area contributed by atoms with Crippen molar-refractivity contribution in [2.75, 3.05) is 6.61 Å². The van der Waals surface area contributed by atoms with Crippen LogP contribution in [-0.2, 0) is 4.79 Å². The van der Waals surface area contributed by atoms with Crippen molar-refractivity contribution in [3.8, 4) is 5.75 Å². The Kier molecular flexibility index (Phi) is 5.74. The number of nitrogens with one attached hydrogen (secondary N) is 1. The molecule has 4 nitrogen and oxygen atoms in total. The Morgan fingerprint density at radius 2 is 1.62 bits per heavy atom. The molecule has 4 heteroatoms. The van der Waals surface area contributed by atoms with Crippen LogP contribution in [0.25, 0.3) is 0 Å². The molecule has 0 aliphatic rings. The molecule has 126 valence electrons. The molecular weight excluding hydrogens is 300 g/mol. The number of benzene rings is 2. The highest BCUT2D eigenvalue weighted by Crippen LogP contribution is 2.18. The second kappa shape index (κ2) is 7.77. The summed E-state index contributed by atoms with van der Waals surface area (Å²) in [6.45, 7) is 10.0. The average Bonchev–Trinajstić information content (AvgIpc) is 2.49. The van der Waals surface area contributed by atoms with Crippen LogP contribution in [0.4, 0.5) is 0 Å². The Morgan fingerprint density at radius 1 is 1.00 bits per heavy atom. The quantitative estimate of drug-likeness (QED) is 0.672. The first-order chi connectivity index (χ1) is 11.4.